The molecule has 0 heterocycles. The maximum Gasteiger partial charge on any atom is 0.338 e. The molecule has 0 spiro atoms. The zero-order valence-corrected chi connectivity index (χ0v) is 15.8. The molecule has 0 bridgehead atoms. The van der Waals surface area contributed by atoms with Crippen molar-refractivity contribution in [2.24, 2.45) is 0 Å². The summed E-state index contributed by atoms with van der Waals surface area (Å²) in [6.45, 7) is 8.47. The minimum Gasteiger partial charge on any atom is -0.454 e. The van der Waals surface area contributed by atoms with E-state index in [-0.39, 0.29) is 12.1 Å². The second kappa shape index (κ2) is 8.70. The summed E-state index contributed by atoms with van der Waals surface area (Å²) < 4.78 is 5.92. The first-order valence-corrected chi connectivity index (χ1v) is 8.91. The van der Waals surface area contributed by atoms with Crippen LogP contribution in [0, 0.1) is 0 Å². The summed E-state index contributed by atoms with van der Waals surface area (Å²) in [5, 5.41) is 0. The van der Waals surface area contributed by atoms with Crippen molar-refractivity contribution in [1.29, 1.82) is 0 Å². The number of rotatable bonds is 2. The number of nitrogens with two attached hydrogens (primary N) is 1. The molecule has 0 amide bonds. The molecule has 0 aliphatic heterocycles. The summed E-state index contributed by atoms with van der Waals surface area (Å²) >= 11 is 0. The van der Waals surface area contributed by atoms with Gasteiger partial charge in [-0.1, -0.05) is 28.9 Å². The van der Waals surface area contributed by atoms with Crippen molar-refractivity contribution >= 4 is 11.7 Å². The summed E-state index contributed by atoms with van der Waals surface area (Å²) in [6.07, 6.45) is 8.00. The Morgan fingerprint density at radius 1 is 1.08 bits per heavy atom. The van der Waals surface area contributed by atoms with Gasteiger partial charge in [0.1, 0.15) is 6.10 Å². The number of esters is 1. The Morgan fingerprint density at radius 3 is 2.40 bits per heavy atom. The van der Waals surface area contributed by atoms with Crippen LogP contribution in [0.1, 0.15) is 63.7 Å². The first-order chi connectivity index (χ1) is 11.9. The number of ether oxygens (including phenoxy) is 1. The van der Waals surface area contributed by atoms with Gasteiger partial charge in [-0.25, -0.2) is 4.79 Å². The average Bonchev–Trinajstić information content (AvgIpc) is 2.54. The number of nitrogen functional groups attached to an aromatic ring is 1. The molecule has 1 atom stereocenters. The highest BCUT2D eigenvalue weighted by molar-refractivity contribution is 5.90. The van der Waals surface area contributed by atoms with Crippen LogP contribution in [-0.4, -0.2) is 12.1 Å². The summed E-state index contributed by atoms with van der Waals surface area (Å²) in [6, 6.07) is 6.88. The molecule has 0 aromatic heterocycles. The molecule has 25 heavy (non-hydrogen) atoms. The standard InChI is InChI=1S/C22H29NO2/c1-15(2)20-13-8-16(3)6-5-7-17(4)14-21(20)25-22(24)18-9-11-19(23)12-10-18/h7-12,21H,5-6,13-14,23H2,1-4H3/b16-8+,17-7+. The molecule has 1 aromatic carbocycles. The lowest BCUT2D eigenvalue weighted by Crippen LogP contribution is -2.22. The van der Waals surface area contributed by atoms with Gasteiger partial charge in [0.15, 0.2) is 0 Å². The Morgan fingerprint density at radius 2 is 1.76 bits per heavy atom. The van der Waals surface area contributed by atoms with E-state index >= 15 is 0 Å². The van der Waals surface area contributed by atoms with Crippen LogP contribution in [0.5, 0.6) is 0 Å². The SMILES string of the molecule is CC(C)=C1C/C=C(\C)CC/C=C(\C)CC1OC(=O)c1ccc(N)cc1. The molecule has 1 aliphatic rings. The lowest BCUT2D eigenvalue weighted by molar-refractivity contribution is 0.0370. The van der Waals surface area contributed by atoms with Crippen LogP contribution in [0.2, 0.25) is 0 Å². The quantitative estimate of drug-likeness (QED) is 0.433. The normalized spacial score (nSPS) is 23.0. The Hall–Kier alpha value is -2.29. The number of benzene rings is 1. The number of hydrogen-bond donors (Lipinski definition) is 1. The first-order valence-electron chi connectivity index (χ1n) is 8.91. The van der Waals surface area contributed by atoms with E-state index < -0.39 is 0 Å². The molecule has 3 nitrogen and oxygen atoms in total. The first kappa shape index (κ1) is 19.0. The van der Waals surface area contributed by atoms with Gasteiger partial charge in [-0.2, -0.15) is 0 Å². The second-order valence-electron chi connectivity index (χ2n) is 7.09. The average molecular weight is 339 g/mol. The molecule has 1 unspecified atom stereocenters. The van der Waals surface area contributed by atoms with Crippen molar-refractivity contribution in [2.45, 2.75) is 59.5 Å². The van der Waals surface area contributed by atoms with Crippen LogP contribution < -0.4 is 5.73 Å². The zero-order chi connectivity index (χ0) is 18.4. The van der Waals surface area contributed by atoms with Crippen LogP contribution >= 0.6 is 0 Å². The van der Waals surface area contributed by atoms with Crippen LogP contribution in [0.15, 0.2) is 58.7 Å². The highest BCUT2D eigenvalue weighted by Gasteiger charge is 2.21. The van der Waals surface area contributed by atoms with Crippen molar-refractivity contribution in [3.05, 3.63) is 64.3 Å². The van der Waals surface area contributed by atoms with E-state index in [1.54, 1.807) is 24.3 Å². The maximum atomic E-state index is 12.6. The van der Waals surface area contributed by atoms with E-state index in [2.05, 4.69) is 39.8 Å². The van der Waals surface area contributed by atoms with Gasteiger partial charge in [-0.15, -0.1) is 0 Å². The Bertz CT molecular complexity index is 704. The minimum atomic E-state index is -0.297. The van der Waals surface area contributed by atoms with Gasteiger partial charge in [0.2, 0.25) is 0 Å². The Balaban J connectivity index is 2.28. The van der Waals surface area contributed by atoms with E-state index in [0.29, 0.717) is 11.3 Å². The van der Waals surface area contributed by atoms with E-state index in [1.165, 1.54) is 22.3 Å². The van der Waals surface area contributed by atoms with Gasteiger partial charge in [0.05, 0.1) is 5.56 Å². The van der Waals surface area contributed by atoms with Crippen molar-refractivity contribution in [3.63, 3.8) is 0 Å². The smallest absolute Gasteiger partial charge is 0.338 e. The molecule has 0 saturated heterocycles. The molecule has 1 aliphatic carbocycles. The van der Waals surface area contributed by atoms with Gasteiger partial charge in [-0.05, 0) is 76.8 Å². The topological polar surface area (TPSA) is 52.3 Å². The second-order valence-corrected chi connectivity index (χ2v) is 7.09. The molecule has 0 saturated carbocycles. The van der Waals surface area contributed by atoms with Crippen molar-refractivity contribution in [3.8, 4) is 0 Å². The fourth-order valence-electron chi connectivity index (χ4n) is 3.02. The number of hydrogen-bond acceptors (Lipinski definition) is 3. The molecular weight excluding hydrogens is 310 g/mol. The number of anilines is 1. The van der Waals surface area contributed by atoms with Crippen molar-refractivity contribution < 1.29 is 9.53 Å². The molecule has 2 N–H and O–H groups in total. The molecular formula is C22H29NO2. The lowest BCUT2D eigenvalue weighted by Gasteiger charge is -2.23. The summed E-state index contributed by atoms with van der Waals surface area (Å²) in [4.78, 5) is 12.6. The largest absolute Gasteiger partial charge is 0.454 e. The number of carbonyl (C=O) groups is 1. The summed E-state index contributed by atoms with van der Waals surface area (Å²) in [5.41, 5.74) is 11.9. The molecule has 3 heteroatoms. The maximum absolute atomic E-state index is 12.6. The molecule has 0 radical (unpaired) electrons. The number of allylic oxidation sites excluding steroid dienone is 4. The zero-order valence-electron chi connectivity index (χ0n) is 15.8. The number of carbonyl (C=O) groups excluding carboxylic acids is 1. The van der Waals surface area contributed by atoms with E-state index in [9.17, 15) is 4.79 Å². The fraction of sp³-hybridized carbons (Fsp3) is 0.409. The minimum absolute atomic E-state index is 0.228. The third-order valence-corrected chi connectivity index (χ3v) is 4.64. The van der Waals surface area contributed by atoms with Gasteiger partial charge in [-0.3, -0.25) is 0 Å². The van der Waals surface area contributed by atoms with Crippen LogP contribution in [0.25, 0.3) is 0 Å². The van der Waals surface area contributed by atoms with Crippen LogP contribution in [0.3, 0.4) is 0 Å². The highest BCUT2D eigenvalue weighted by Crippen LogP contribution is 2.26. The predicted molar refractivity (Wildman–Crippen MR) is 104 cm³/mol. The van der Waals surface area contributed by atoms with Crippen molar-refractivity contribution in [1.82, 2.24) is 0 Å². The van der Waals surface area contributed by atoms with Gasteiger partial charge in [0.25, 0.3) is 0 Å². The third-order valence-electron chi connectivity index (χ3n) is 4.64. The molecule has 0 fully saturated rings. The van der Waals surface area contributed by atoms with Gasteiger partial charge < -0.3 is 10.5 Å². The van der Waals surface area contributed by atoms with Crippen molar-refractivity contribution in [2.75, 3.05) is 5.73 Å². The Labute approximate surface area is 151 Å². The highest BCUT2D eigenvalue weighted by atomic mass is 16.5. The van der Waals surface area contributed by atoms with E-state index in [0.717, 1.165) is 25.7 Å². The monoisotopic (exact) mass is 339 g/mol. The summed E-state index contributed by atoms with van der Waals surface area (Å²) in [7, 11) is 0. The van der Waals surface area contributed by atoms with E-state index in [4.69, 9.17) is 10.5 Å². The fourth-order valence-corrected chi connectivity index (χ4v) is 3.02. The van der Waals surface area contributed by atoms with Gasteiger partial charge in [0, 0.05) is 12.1 Å². The summed E-state index contributed by atoms with van der Waals surface area (Å²) in [5.74, 6) is -0.297. The van der Waals surface area contributed by atoms with E-state index in [1.807, 2.05) is 0 Å². The van der Waals surface area contributed by atoms with Gasteiger partial charge >= 0.3 is 5.97 Å². The third kappa shape index (κ3) is 5.63. The van der Waals surface area contributed by atoms with Crippen LogP contribution in [-0.2, 0) is 4.74 Å². The lowest BCUT2D eigenvalue weighted by atomic mass is 9.92. The van der Waals surface area contributed by atoms with Crippen LogP contribution in [0.4, 0.5) is 5.69 Å². The Kier molecular flexibility index (Phi) is 6.63. The predicted octanol–water partition coefficient (Wildman–Crippen LogP) is 5.60. The molecule has 1 aromatic rings. The molecule has 2 rings (SSSR count). The molecule has 134 valence electrons.